The van der Waals surface area contributed by atoms with Crippen LogP contribution in [0.2, 0.25) is 0 Å². The molecule has 2 amide bonds. The van der Waals surface area contributed by atoms with E-state index >= 15 is 0 Å². The number of nitrogens with two attached hydrogens (primary N) is 1. The average molecular weight is 373 g/mol. The van der Waals surface area contributed by atoms with Gasteiger partial charge >= 0.3 is 0 Å². The summed E-state index contributed by atoms with van der Waals surface area (Å²) in [4.78, 5) is 28.8. The fourth-order valence-corrected chi connectivity index (χ4v) is 3.94. The Balaban J connectivity index is 1.62. The van der Waals surface area contributed by atoms with E-state index in [-0.39, 0.29) is 11.8 Å². The summed E-state index contributed by atoms with van der Waals surface area (Å²) in [6.45, 7) is 6.28. The third-order valence-electron chi connectivity index (χ3n) is 5.50. The van der Waals surface area contributed by atoms with Crippen molar-refractivity contribution in [3.63, 3.8) is 0 Å². The minimum atomic E-state index is 0.0520. The molecule has 148 valence electrons. The van der Waals surface area contributed by atoms with Gasteiger partial charge in [-0.15, -0.1) is 0 Å². The standard InChI is InChI=1S/C21H31N3O3/c1-16-7-8-18(13-19(16)27-12-4-9-22)21(26)24-11-2-5-17(15-24)14-23-10-3-6-20(23)25/h7-8,13,17H,2-6,9-12,14-15,22H2,1H3. The molecule has 2 aliphatic rings. The highest BCUT2D eigenvalue weighted by atomic mass is 16.5. The third-order valence-corrected chi connectivity index (χ3v) is 5.50. The molecule has 27 heavy (non-hydrogen) atoms. The van der Waals surface area contributed by atoms with Crippen molar-refractivity contribution in [2.45, 2.75) is 39.0 Å². The lowest BCUT2D eigenvalue weighted by molar-refractivity contribution is -0.128. The first kappa shape index (κ1) is 19.7. The molecule has 0 aliphatic carbocycles. The first-order valence-corrected chi connectivity index (χ1v) is 10.1. The van der Waals surface area contributed by atoms with Gasteiger partial charge in [0.2, 0.25) is 5.91 Å². The van der Waals surface area contributed by atoms with Crippen LogP contribution >= 0.6 is 0 Å². The summed E-state index contributed by atoms with van der Waals surface area (Å²) in [6, 6.07) is 5.66. The highest BCUT2D eigenvalue weighted by Crippen LogP contribution is 2.24. The normalized spacial score (nSPS) is 20.2. The molecule has 1 aromatic rings. The van der Waals surface area contributed by atoms with E-state index in [1.165, 1.54) is 0 Å². The van der Waals surface area contributed by atoms with E-state index in [1.54, 1.807) is 0 Å². The predicted molar refractivity (Wildman–Crippen MR) is 105 cm³/mol. The van der Waals surface area contributed by atoms with Crippen molar-refractivity contribution >= 4 is 11.8 Å². The molecule has 2 aliphatic heterocycles. The smallest absolute Gasteiger partial charge is 0.253 e. The molecular weight excluding hydrogens is 342 g/mol. The number of hydrogen-bond donors (Lipinski definition) is 1. The molecule has 6 nitrogen and oxygen atoms in total. The highest BCUT2D eigenvalue weighted by molar-refractivity contribution is 5.94. The number of nitrogens with zero attached hydrogens (tertiary/aromatic N) is 2. The average Bonchev–Trinajstić information content (AvgIpc) is 3.07. The van der Waals surface area contributed by atoms with E-state index in [9.17, 15) is 9.59 Å². The lowest BCUT2D eigenvalue weighted by Crippen LogP contribution is -2.44. The summed E-state index contributed by atoms with van der Waals surface area (Å²) in [6.07, 6.45) is 4.50. The highest BCUT2D eigenvalue weighted by Gasteiger charge is 2.29. The fraction of sp³-hybridized carbons (Fsp3) is 0.619. The largest absolute Gasteiger partial charge is 0.493 e. The molecule has 3 rings (SSSR count). The summed E-state index contributed by atoms with van der Waals surface area (Å²) < 4.78 is 5.78. The zero-order valence-corrected chi connectivity index (χ0v) is 16.3. The van der Waals surface area contributed by atoms with E-state index in [2.05, 4.69) is 0 Å². The van der Waals surface area contributed by atoms with Crippen molar-refractivity contribution in [3.8, 4) is 5.75 Å². The monoisotopic (exact) mass is 373 g/mol. The van der Waals surface area contributed by atoms with Gasteiger partial charge in [0, 0.05) is 38.2 Å². The van der Waals surface area contributed by atoms with Crippen molar-refractivity contribution in [1.29, 1.82) is 0 Å². The molecule has 0 aromatic heterocycles. The second-order valence-corrected chi connectivity index (χ2v) is 7.67. The molecule has 2 fully saturated rings. The summed E-state index contributed by atoms with van der Waals surface area (Å²) in [5, 5.41) is 0. The van der Waals surface area contributed by atoms with Crippen LogP contribution in [0.3, 0.4) is 0 Å². The first-order valence-electron chi connectivity index (χ1n) is 10.1. The van der Waals surface area contributed by atoms with Crippen molar-refractivity contribution in [2.24, 2.45) is 11.7 Å². The number of rotatable bonds is 7. The van der Waals surface area contributed by atoms with Gasteiger partial charge in [0.15, 0.2) is 0 Å². The fourth-order valence-electron chi connectivity index (χ4n) is 3.94. The zero-order valence-electron chi connectivity index (χ0n) is 16.3. The van der Waals surface area contributed by atoms with Gasteiger partial charge < -0.3 is 20.3 Å². The van der Waals surface area contributed by atoms with Gasteiger partial charge in [-0.25, -0.2) is 0 Å². The van der Waals surface area contributed by atoms with E-state index in [1.807, 2.05) is 34.9 Å². The number of benzene rings is 1. The molecule has 2 saturated heterocycles. The van der Waals surface area contributed by atoms with Gasteiger partial charge in [-0.2, -0.15) is 0 Å². The molecule has 1 atom stereocenters. The molecule has 2 N–H and O–H groups in total. The van der Waals surface area contributed by atoms with Crippen LogP contribution in [0.5, 0.6) is 5.75 Å². The van der Waals surface area contributed by atoms with Gasteiger partial charge in [-0.1, -0.05) is 6.07 Å². The molecule has 0 spiro atoms. The van der Waals surface area contributed by atoms with Crippen LogP contribution in [0.15, 0.2) is 18.2 Å². The Kier molecular flexibility index (Phi) is 6.72. The maximum Gasteiger partial charge on any atom is 0.253 e. The lowest BCUT2D eigenvalue weighted by atomic mass is 9.96. The zero-order chi connectivity index (χ0) is 19.2. The van der Waals surface area contributed by atoms with Crippen LogP contribution in [0, 0.1) is 12.8 Å². The Morgan fingerprint density at radius 2 is 2.15 bits per heavy atom. The Bertz CT molecular complexity index is 677. The maximum absolute atomic E-state index is 13.0. The number of hydrogen-bond acceptors (Lipinski definition) is 4. The van der Waals surface area contributed by atoms with Crippen LogP contribution in [0.4, 0.5) is 0 Å². The number of aryl methyl sites for hydroxylation is 1. The van der Waals surface area contributed by atoms with Crippen LogP contribution in [-0.2, 0) is 4.79 Å². The van der Waals surface area contributed by atoms with Crippen LogP contribution in [0.25, 0.3) is 0 Å². The molecule has 0 radical (unpaired) electrons. The van der Waals surface area contributed by atoms with E-state index < -0.39 is 0 Å². The summed E-state index contributed by atoms with van der Waals surface area (Å²) in [7, 11) is 0. The van der Waals surface area contributed by atoms with Crippen LogP contribution in [-0.4, -0.2) is 60.9 Å². The molecule has 0 bridgehead atoms. The Morgan fingerprint density at radius 1 is 1.30 bits per heavy atom. The lowest BCUT2D eigenvalue weighted by Gasteiger charge is -2.34. The number of carbonyl (C=O) groups excluding carboxylic acids is 2. The van der Waals surface area contributed by atoms with Crippen molar-refractivity contribution in [2.75, 3.05) is 39.3 Å². The predicted octanol–water partition coefficient (Wildman–Crippen LogP) is 2.20. The van der Waals surface area contributed by atoms with Crippen molar-refractivity contribution in [3.05, 3.63) is 29.3 Å². The summed E-state index contributed by atoms with van der Waals surface area (Å²) >= 11 is 0. The van der Waals surface area contributed by atoms with E-state index in [0.29, 0.717) is 31.1 Å². The first-order chi connectivity index (χ1) is 13.1. The SMILES string of the molecule is Cc1ccc(C(=O)N2CCCC(CN3CCCC3=O)C2)cc1OCCCN. The van der Waals surface area contributed by atoms with Gasteiger partial charge in [0.25, 0.3) is 5.91 Å². The molecule has 1 aromatic carbocycles. The van der Waals surface area contributed by atoms with E-state index in [0.717, 1.165) is 63.2 Å². The number of carbonyl (C=O) groups is 2. The molecule has 6 heteroatoms. The second-order valence-electron chi connectivity index (χ2n) is 7.67. The van der Waals surface area contributed by atoms with Crippen LogP contribution < -0.4 is 10.5 Å². The quantitative estimate of drug-likeness (QED) is 0.744. The maximum atomic E-state index is 13.0. The summed E-state index contributed by atoms with van der Waals surface area (Å²) in [5.74, 6) is 1.44. The van der Waals surface area contributed by atoms with Crippen LogP contribution in [0.1, 0.15) is 48.0 Å². The summed E-state index contributed by atoms with van der Waals surface area (Å²) in [5.41, 5.74) is 7.21. The second kappa shape index (κ2) is 9.22. The topological polar surface area (TPSA) is 75.9 Å². The Hall–Kier alpha value is -2.08. The Labute approximate surface area is 161 Å². The number of piperidine rings is 1. The molecule has 0 saturated carbocycles. The van der Waals surface area contributed by atoms with E-state index in [4.69, 9.17) is 10.5 Å². The Morgan fingerprint density at radius 3 is 2.89 bits per heavy atom. The van der Waals surface area contributed by atoms with Gasteiger partial charge in [-0.3, -0.25) is 9.59 Å². The minimum absolute atomic E-state index is 0.0520. The van der Waals surface area contributed by atoms with Gasteiger partial charge in [0.05, 0.1) is 6.61 Å². The molecular formula is C21H31N3O3. The van der Waals surface area contributed by atoms with Gasteiger partial charge in [-0.05, 0) is 62.8 Å². The molecule has 2 heterocycles. The van der Waals surface area contributed by atoms with Crippen molar-refractivity contribution in [1.82, 2.24) is 9.80 Å². The number of amides is 2. The van der Waals surface area contributed by atoms with Gasteiger partial charge in [0.1, 0.15) is 5.75 Å². The van der Waals surface area contributed by atoms with Crippen molar-refractivity contribution < 1.29 is 14.3 Å². The third kappa shape index (κ3) is 5.01. The number of likely N-dealkylation sites (tertiary alicyclic amines) is 2. The minimum Gasteiger partial charge on any atom is -0.493 e. The molecule has 1 unspecified atom stereocenters. The number of ether oxygens (including phenoxy) is 1.